The van der Waals surface area contributed by atoms with Crippen molar-refractivity contribution >= 4 is 5.91 Å². The van der Waals surface area contributed by atoms with Gasteiger partial charge in [-0.05, 0) is 61.4 Å². The van der Waals surface area contributed by atoms with Crippen LogP contribution in [0.2, 0.25) is 0 Å². The highest BCUT2D eigenvalue weighted by Gasteiger charge is 2.15. The number of nitrogens with one attached hydrogen (secondary N) is 1. The van der Waals surface area contributed by atoms with Crippen LogP contribution in [-0.4, -0.2) is 10.9 Å². The van der Waals surface area contributed by atoms with Gasteiger partial charge in [-0.15, -0.1) is 0 Å². The molecule has 4 rings (SSSR count). The number of aromatic nitrogens is 1. The zero-order valence-corrected chi connectivity index (χ0v) is 16.6. The highest BCUT2D eigenvalue weighted by atomic mass is 19.1. The van der Waals surface area contributed by atoms with Gasteiger partial charge in [0.1, 0.15) is 5.82 Å². The van der Waals surface area contributed by atoms with E-state index in [4.69, 9.17) is 4.42 Å². The first-order chi connectivity index (χ1) is 14.1. The largest absolute Gasteiger partial charge is 0.441 e. The van der Waals surface area contributed by atoms with Crippen LogP contribution in [0.5, 0.6) is 0 Å². The minimum Gasteiger partial charge on any atom is -0.441 e. The van der Waals surface area contributed by atoms with E-state index in [1.165, 1.54) is 36.2 Å². The second kappa shape index (κ2) is 8.60. The fourth-order valence-electron chi connectivity index (χ4n) is 3.85. The number of rotatable bonds is 6. The van der Waals surface area contributed by atoms with Crippen LogP contribution in [0.25, 0.3) is 11.3 Å². The molecule has 0 aliphatic heterocycles. The molecule has 1 aliphatic carbocycles. The summed E-state index contributed by atoms with van der Waals surface area (Å²) in [6, 6.07) is 12.9. The van der Waals surface area contributed by atoms with E-state index >= 15 is 0 Å². The number of carbonyl (C=O) groups is 1. The molecule has 0 saturated carbocycles. The minimum atomic E-state index is -0.355. The van der Waals surface area contributed by atoms with Gasteiger partial charge in [0, 0.05) is 12.8 Å². The van der Waals surface area contributed by atoms with E-state index in [0.717, 1.165) is 18.4 Å². The molecule has 150 valence electrons. The van der Waals surface area contributed by atoms with E-state index in [9.17, 15) is 9.18 Å². The molecule has 0 bridgehead atoms. The van der Waals surface area contributed by atoms with Crippen LogP contribution in [0, 0.1) is 5.82 Å². The average Bonchev–Trinajstić information content (AvgIpc) is 3.21. The number of nitrogens with zero attached hydrogens (tertiary/aromatic N) is 1. The normalized spacial score (nSPS) is 14.3. The number of halogens is 1. The fraction of sp³-hybridized carbons (Fsp3) is 0.333. The van der Waals surface area contributed by atoms with E-state index in [0.29, 0.717) is 23.6 Å². The second-order valence-corrected chi connectivity index (χ2v) is 7.62. The molecule has 1 N–H and O–H groups in total. The van der Waals surface area contributed by atoms with Gasteiger partial charge in [-0.25, -0.2) is 9.37 Å². The third kappa shape index (κ3) is 4.56. The molecular formula is C24H25FN2O2. The van der Waals surface area contributed by atoms with Crippen LogP contribution in [0.3, 0.4) is 0 Å². The highest BCUT2D eigenvalue weighted by molar-refractivity contribution is 5.76. The SMILES string of the molecule is CC(NC(=O)CCc1ncc(-c2ccccc2F)o1)c1ccc2c(c1)CCCC2. The van der Waals surface area contributed by atoms with Gasteiger partial charge < -0.3 is 9.73 Å². The summed E-state index contributed by atoms with van der Waals surface area (Å²) in [5.41, 5.74) is 4.36. The van der Waals surface area contributed by atoms with Crippen LogP contribution >= 0.6 is 0 Å². The summed E-state index contributed by atoms with van der Waals surface area (Å²) in [7, 11) is 0. The highest BCUT2D eigenvalue weighted by Crippen LogP contribution is 2.25. The van der Waals surface area contributed by atoms with E-state index in [1.807, 2.05) is 6.92 Å². The van der Waals surface area contributed by atoms with Crippen LogP contribution in [0.15, 0.2) is 53.1 Å². The maximum absolute atomic E-state index is 13.9. The lowest BCUT2D eigenvalue weighted by Crippen LogP contribution is -2.27. The molecule has 0 fully saturated rings. The van der Waals surface area contributed by atoms with Crippen LogP contribution in [-0.2, 0) is 24.1 Å². The quantitative estimate of drug-likeness (QED) is 0.630. The Balaban J connectivity index is 1.33. The van der Waals surface area contributed by atoms with Gasteiger partial charge in [0.2, 0.25) is 5.91 Å². The van der Waals surface area contributed by atoms with Gasteiger partial charge in [0.25, 0.3) is 0 Å². The monoisotopic (exact) mass is 392 g/mol. The number of hydrogen-bond donors (Lipinski definition) is 1. The molecule has 1 aliphatic rings. The lowest BCUT2D eigenvalue weighted by Gasteiger charge is -2.20. The molecule has 1 heterocycles. The van der Waals surface area contributed by atoms with Crippen molar-refractivity contribution in [2.75, 3.05) is 0 Å². The van der Waals surface area contributed by atoms with E-state index in [-0.39, 0.29) is 24.2 Å². The first kappa shape index (κ1) is 19.4. The summed E-state index contributed by atoms with van der Waals surface area (Å²) in [4.78, 5) is 16.6. The summed E-state index contributed by atoms with van der Waals surface area (Å²) < 4.78 is 19.5. The number of benzene rings is 2. The summed E-state index contributed by atoms with van der Waals surface area (Å²) in [5, 5.41) is 3.05. The van der Waals surface area contributed by atoms with Gasteiger partial charge in [-0.2, -0.15) is 0 Å². The Morgan fingerprint density at radius 2 is 1.97 bits per heavy atom. The van der Waals surface area contributed by atoms with Crippen molar-refractivity contribution in [2.45, 2.75) is 51.5 Å². The van der Waals surface area contributed by atoms with E-state index in [1.54, 1.807) is 18.2 Å². The minimum absolute atomic E-state index is 0.0479. The third-order valence-electron chi connectivity index (χ3n) is 5.51. The maximum Gasteiger partial charge on any atom is 0.220 e. The maximum atomic E-state index is 13.9. The summed E-state index contributed by atoms with van der Waals surface area (Å²) in [6.45, 7) is 2.00. The smallest absolute Gasteiger partial charge is 0.220 e. The fourth-order valence-corrected chi connectivity index (χ4v) is 3.85. The molecule has 1 unspecified atom stereocenters. The van der Waals surface area contributed by atoms with Gasteiger partial charge in [0.15, 0.2) is 11.7 Å². The standard InChI is InChI=1S/C24H25FN2O2/c1-16(18-11-10-17-6-2-3-7-19(17)14-18)27-23(28)12-13-24-26-15-22(29-24)20-8-4-5-9-21(20)25/h4-5,8-11,14-16H,2-3,6-7,12-13H2,1H3,(H,27,28). The first-order valence-corrected chi connectivity index (χ1v) is 10.2. The zero-order chi connectivity index (χ0) is 20.2. The number of aryl methyl sites for hydroxylation is 3. The predicted octanol–water partition coefficient (Wildman–Crippen LogP) is 5.17. The Labute approximate surface area is 170 Å². The molecule has 2 aromatic carbocycles. The van der Waals surface area contributed by atoms with Crippen molar-refractivity contribution in [2.24, 2.45) is 0 Å². The van der Waals surface area contributed by atoms with Crippen molar-refractivity contribution in [3.05, 3.63) is 77.1 Å². The molecule has 1 amide bonds. The molecule has 3 aromatic rings. The average molecular weight is 392 g/mol. The van der Waals surface area contributed by atoms with Gasteiger partial charge in [-0.1, -0.05) is 30.3 Å². The molecule has 5 heteroatoms. The number of hydrogen-bond acceptors (Lipinski definition) is 3. The summed E-state index contributed by atoms with van der Waals surface area (Å²) in [5.74, 6) is 0.397. The molecular weight excluding hydrogens is 367 g/mol. The van der Waals surface area contributed by atoms with Crippen molar-refractivity contribution < 1.29 is 13.6 Å². The van der Waals surface area contributed by atoms with Crippen molar-refractivity contribution in [3.63, 3.8) is 0 Å². The molecule has 0 saturated heterocycles. The number of carbonyl (C=O) groups excluding carboxylic acids is 1. The van der Waals surface area contributed by atoms with Gasteiger partial charge in [0.05, 0.1) is 17.8 Å². The van der Waals surface area contributed by atoms with E-state index in [2.05, 4.69) is 28.5 Å². The van der Waals surface area contributed by atoms with Crippen LogP contribution < -0.4 is 5.32 Å². The van der Waals surface area contributed by atoms with Gasteiger partial charge >= 0.3 is 0 Å². The Hall–Kier alpha value is -2.95. The molecule has 4 nitrogen and oxygen atoms in total. The summed E-state index contributed by atoms with van der Waals surface area (Å²) in [6.07, 6.45) is 6.92. The Morgan fingerprint density at radius 3 is 2.79 bits per heavy atom. The first-order valence-electron chi connectivity index (χ1n) is 10.2. The number of oxazole rings is 1. The Kier molecular flexibility index (Phi) is 5.74. The molecule has 0 spiro atoms. The lowest BCUT2D eigenvalue weighted by molar-refractivity contribution is -0.121. The Morgan fingerprint density at radius 1 is 1.17 bits per heavy atom. The van der Waals surface area contributed by atoms with Crippen LogP contribution in [0.1, 0.15) is 54.8 Å². The number of amides is 1. The Bertz CT molecular complexity index is 1010. The predicted molar refractivity (Wildman–Crippen MR) is 110 cm³/mol. The summed E-state index contributed by atoms with van der Waals surface area (Å²) >= 11 is 0. The van der Waals surface area contributed by atoms with Crippen molar-refractivity contribution in [1.82, 2.24) is 10.3 Å². The molecule has 29 heavy (non-hydrogen) atoms. The molecule has 1 aromatic heterocycles. The van der Waals surface area contributed by atoms with E-state index < -0.39 is 0 Å². The second-order valence-electron chi connectivity index (χ2n) is 7.62. The van der Waals surface area contributed by atoms with Crippen molar-refractivity contribution in [3.8, 4) is 11.3 Å². The van der Waals surface area contributed by atoms with Crippen LogP contribution in [0.4, 0.5) is 4.39 Å². The molecule has 1 atom stereocenters. The van der Waals surface area contributed by atoms with Gasteiger partial charge in [-0.3, -0.25) is 4.79 Å². The lowest BCUT2D eigenvalue weighted by atomic mass is 9.89. The molecule has 0 radical (unpaired) electrons. The zero-order valence-electron chi connectivity index (χ0n) is 16.6. The van der Waals surface area contributed by atoms with Crippen molar-refractivity contribution in [1.29, 1.82) is 0 Å². The topological polar surface area (TPSA) is 55.1 Å². The third-order valence-corrected chi connectivity index (χ3v) is 5.51. The number of fused-ring (bicyclic) bond motifs is 1.